The fourth-order valence-corrected chi connectivity index (χ4v) is 1.58. The van der Waals surface area contributed by atoms with Crippen LogP contribution in [0.5, 0.6) is 0 Å². The predicted molar refractivity (Wildman–Crippen MR) is 72.0 cm³/mol. The summed E-state index contributed by atoms with van der Waals surface area (Å²) in [4.78, 5) is 11.8. The van der Waals surface area contributed by atoms with Crippen LogP contribution in [0.4, 0.5) is 14.5 Å². The summed E-state index contributed by atoms with van der Waals surface area (Å²) in [6.45, 7) is 2.69. The van der Waals surface area contributed by atoms with E-state index >= 15 is 0 Å². The van der Waals surface area contributed by atoms with E-state index in [4.69, 9.17) is 5.73 Å². The van der Waals surface area contributed by atoms with Crippen molar-refractivity contribution in [3.05, 3.63) is 29.3 Å². The number of halogens is 2. The average Bonchev–Trinajstić information content (AvgIpc) is 2.31. The number of nitrogens with one attached hydrogen (secondary N) is 1. The zero-order chi connectivity index (χ0) is 15.7. The van der Waals surface area contributed by atoms with Gasteiger partial charge in [0.05, 0.1) is 4.75 Å². The first-order valence-corrected chi connectivity index (χ1v) is 7.57. The van der Waals surface area contributed by atoms with Crippen LogP contribution in [0.3, 0.4) is 0 Å². The van der Waals surface area contributed by atoms with Gasteiger partial charge in [-0.3, -0.25) is 4.79 Å². The third kappa shape index (κ3) is 3.44. The molecule has 0 aliphatic carbocycles. The summed E-state index contributed by atoms with van der Waals surface area (Å²) in [6.07, 6.45) is 1.04. The van der Waals surface area contributed by atoms with Gasteiger partial charge in [-0.25, -0.2) is 17.2 Å². The number of carbonyl (C=O) groups excluding carboxylic acids is 1. The Balaban J connectivity index is 2.89. The number of benzene rings is 1. The largest absolute Gasteiger partial charge is 0.394 e. The minimum absolute atomic E-state index is 0.182. The van der Waals surface area contributed by atoms with Gasteiger partial charge in [-0.05, 0) is 26.0 Å². The molecule has 0 heterocycles. The maximum absolute atomic E-state index is 13.2. The summed E-state index contributed by atoms with van der Waals surface area (Å²) in [7, 11) is -3.39. The average molecular weight is 306 g/mol. The fourth-order valence-electron chi connectivity index (χ4n) is 1.24. The van der Waals surface area contributed by atoms with Crippen LogP contribution in [-0.4, -0.2) is 31.9 Å². The number of carbonyl (C=O) groups is 1. The molecule has 1 rings (SSSR count). The summed E-state index contributed by atoms with van der Waals surface area (Å²) in [6, 6.07) is 1.59. The highest BCUT2D eigenvalue weighted by Crippen LogP contribution is 2.18. The summed E-state index contributed by atoms with van der Waals surface area (Å²) < 4.78 is 48.2. The molecule has 20 heavy (non-hydrogen) atoms. The van der Waals surface area contributed by atoms with Crippen molar-refractivity contribution >= 4 is 21.4 Å². The molecule has 1 amide bonds. The van der Waals surface area contributed by atoms with E-state index in [2.05, 4.69) is 5.32 Å². The normalized spacial score (nSPS) is 12.2. The topological polar surface area (TPSA) is 89.3 Å². The number of nitrogens with two attached hydrogens (primary N) is 1. The number of sulfone groups is 1. The molecule has 1 aromatic rings. The van der Waals surface area contributed by atoms with Crippen LogP contribution in [0.25, 0.3) is 0 Å². The Hall–Kier alpha value is -1.70. The Bertz CT molecular complexity index is 619. The standard InChI is InChI=1S/C12H16F2N2O3S/c1-12(2,20(3,18)19)6-16-11(17)7-4-8(13)10(15)9(14)5-7/h4-5H,6,15H2,1-3H3,(H,16,17). The second-order valence-electron chi connectivity index (χ2n) is 5.07. The summed E-state index contributed by atoms with van der Waals surface area (Å²) in [5, 5.41) is 2.33. The molecule has 0 bridgehead atoms. The van der Waals surface area contributed by atoms with Gasteiger partial charge in [-0.1, -0.05) is 0 Å². The van der Waals surface area contributed by atoms with Crippen LogP contribution < -0.4 is 11.1 Å². The van der Waals surface area contributed by atoms with Crippen molar-refractivity contribution < 1.29 is 22.0 Å². The fraction of sp³-hybridized carbons (Fsp3) is 0.417. The zero-order valence-corrected chi connectivity index (χ0v) is 12.1. The Kier molecular flexibility index (Phi) is 4.38. The van der Waals surface area contributed by atoms with E-state index in [0.717, 1.165) is 18.4 Å². The van der Waals surface area contributed by atoms with Crippen molar-refractivity contribution in [3.8, 4) is 0 Å². The molecule has 0 aliphatic heterocycles. The van der Waals surface area contributed by atoms with Crippen molar-refractivity contribution in [1.29, 1.82) is 0 Å². The molecule has 0 unspecified atom stereocenters. The van der Waals surface area contributed by atoms with Crippen LogP contribution >= 0.6 is 0 Å². The van der Waals surface area contributed by atoms with E-state index in [-0.39, 0.29) is 12.1 Å². The Morgan fingerprint density at radius 3 is 2.15 bits per heavy atom. The molecule has 5 nitrogen and oxygen atoms in total. The lowest BCUT2D eigenvalue weighted by molar-refractivity contribution is 0.0949. The molecule has 8 heteroatoms. The van der Waals surface area contributed by atoms with E-state index in [1.54, 1.807) is 0 Å². The van der Waals surface area contributed by atoms with E-state index in [0.29, 0.717) is 0 Å². The molecule has 0 fully saturated rings. The third-order valence-corrected chi connectivity index (χ3v) is 5.17. The molecular weight excluding hydrogens is 290 g/mol. The van der Waals surface area contributed by atoms with Crippen molar-refractivity contribution in [3.63, 3.8) is 0 Å². The van der Waals surface area contributed by atoms with E-state index < -0.39 is 37.8 Å². The van der Waals surface area contributed by atoms with Crippen molar-refractivity contribution in [1.82, 2.24) is 5.32 Å². The molecule has 0 aliphatic rings. The summed E-state index contributed by atoms with van der Waals surface area (Å²) in [5.41, 5.74) is 4.16. The molecule has 0 saturated carbocycles. The van der Waals surface area contributed by atoms with Crippen LogP contribution in [0, 0.1) is 11.6 Å². The SMILES string of the molecule is CC(C)(CNC(=O)c1cc(F)c(N)c(F)c1)S(C)(=O)=O. The molecule has 112 valence electrons. The molecule has 0 atom stereocenters. The molecule has 0 radical (unpaired) electrons. The zero-order valence-electron chi connectivity index (χ0n) is 11.3. The smallest absolute Gasteiger partial charge is 0.251 e. The van der Waals surface area contributed by atoms with Crippen molar-refractivity contribution in [2.24, 2.45) is 0 Å². The molecule has 0 aromatic heterocycles. The quantitative estimate of drug-likeness (QED) is 0.815. The van der Waals surface area contributed by atoms with Gasteiger partial charge in [-0.2, -0.15) is 0 Å². The monoisotopic (exact) mass is 306 g/mol. The molecule has 3 N–H and O–H groups in total. The minimum Gasteiger partial charge on any atom is -0.394 e. The van der Waals surface area contributed by atoms with Gasteiger partial charge in [0.15, 0.2) is 9.84 Å². The summed E-state index contributed by atoms with van der Waals surface area (Å²) >= 11 is 0. The van der Waals surface area contributed by atoms with Crippen molar-refractivity contribution in [2.75, 3.05) is 18.5 Å². The Morgan fingerprint density at radius 1 is 1.30 bits per heavy atom. The first-order valence-electron chi connectivity index (χ1n) is 5.68. The van der Waals surface area contributed by atoms with E-state index in [1.807, 2.05) is 0 Å². The molecule has 0 spiro atoms. The highest BCUT2D eigenvalue weighted by molar-refractivity contribution is 7.92. The highest BCUT2D eigenvalue weighted by atomic mass is 32.2. The lowest BCUT2D eigenvalue weighted by Crippen LogP contribution is -2.43. The Labute approximate surface area is 116 Å². The van der Waals surface area contributed by atoms with Crippen molar-refractivity contribution in [2.45, 2.75) is 18.6 Å². The van der Waals surface area contributed by atoms with E-state index in [9.17, 15) is 22.0 Å². The highest BCUT2D eigenvalue weighted by Gasteiger charge is 2.30. The van der Waals surface area contributed by atoms with Crippen LogP contribution in [-0.2, 0) is 9.84 Å². The van der Waals surface area contributed by atoms with Gasteiger partial charge in [0.2, 0.25) is 0 Å². The first kappa shape index (κ1) is 16.4. The lowest BCUT2D eigenvalue weighted by atomic mass is 10.1. The van der Waals surface area contributed by atoms with Gasteiger partial charge < -0.3 is 11.1 Å². The minimum atomic E-state index is -3.39. The van der Waals surface area contributed by atoms with Gasteiger partial charge in [0.25, 0.3) is 5.91 Å². The number of hydrogen-bond donors (Lipinski definition) is 2. The van der Waals surface area contributed by atoms with Gasteiger partial charge in [0.1, 0.15) is 17.3 Å². The molecule has 1 aromatic carbocycles. The maximum atomic E-state index is 13.2. The van der Waals surface area contributed by atoms with Gasteiger partial charge in [0, 0.05) is 18.4 Å². The van der Waals surface area contributed by atoms with Crippen LogP contribution in [0.15, 0.2) is 12.1 Å². The maximum Gasteiger partial charge on any atom is 0.251 e. The number of amides is 1. The second kappa shape index (κ2) is 5.35. The summed E-state index contributed by atoms with van der Waals surface area (Å²) in [5.74, 6) is -2.87. The van der Waals surface area contributed by atoms with Gasteiger partial charge in [-0.15, -0.1) is 0 Å². The number of nitrogen functional groups attached to an aromatic ring is 1. The van der Waals surface area contributed by atoms with E-state index in [1.165, 1.54) is 13.8 Å². The first-order chi connectivity index (χ1) is 8.95. The number of hydrogen-bond acceptors (Lipinski definition) is 4. The number of anilines is 1. The third-order valence-electron chi connectivity index (χ3n) is 3.02. The second-order valence-corrected chi connectivity index (χ2v) is 7.72. The predicted octanol–water partition coefficient (Wildman–Crippen LogP) is 1.10. The van der Waals surface area contributed by atoms with Crippen LogP contribution in [0.1, 0.15) is 24.2 Å². The Morgan fingerprint density at radius 2 is 1.75 bits per heavy atom. The molecule has 0 saturated heterocycles. The lowest BCUT2D eigenvalue weighted by Gasteiger charge is -2.22. The van der Waals surface area contributed by atoms with Crippen LogP contribution in [0.2, 0.25) is 0 Å². The molecular formula is C12H16F2N2O3S. The van der Waals surface area contributed by atoms with Gasteiger partial charge >= 0.3 is 0 Å². The number of rotatable bonds is 4.